The molecule has 0 amide bonds. The number of rotatable bonds is 1. The molecule has 1 aromatic rings. The molecule has 0 bridgehead atoms. The van der Waals surface area contributed by atoms with Crippen LogP contribution < -0.4 is 10.3 Å². The van der Waals surface area contributed by atoms with E-state index in [4.69, 9.17) is 16.7 Å². The summed E-state index contributed by atoms with van der Waals surface area (Å²) in [4.78, 5) is 20.7. The molecule has 64 valence electrons. The summed E-state index contributed by atoms with van der Waals surface area (Å²) < 4.78 is 4.07. The molecular weight excluding hydrogens is 188 g/mol. The van der Waals surface area contributed by atoms with Gasteiger partial charge in [0.25, 0.3) is 0 Å². The Morgan fingerprint density at radius 2 is 2.42 bits per heavy atom. The van der Waals surface area contributed by atoms with E-state index in [0.29, 0.717) is 0 Å². The van der Waals surface area contributed by atoms with Gasteiger partial charge >= 0.3 is 11.7 Å². The van der Waals surface area contributed by atoms with Gasteiger partial charge in [-0.25, -0.2) is 9.89 Å². The fourth-order valence-electron chi connectivity index (χ4n) is 0.535. The first-order valence-electron chi connectivity index (χ1n) is 2.75. The van der Waals surface area contributed by atoms with Crippen LogP contribution in [0.25, 0.3) is 0 Å². The van der Waals surface area contributed by atoms with E-state index in [9.17, 15) is 9.59 Å². The molecule has 12 heavy (non-hydrogen) atoms. The minimum absolute atomic E-state index is 0.0501. The molecule has 0 fully saturated rings. The number of halogens is 1. The maximum atomic E-state index is 10.7. The van der Waals surface area contributed by atoms with Crippen molar-refractivity contribution in [3.05, 3.63) is 21.6 Å². The molecular formula is C5H3ClN2O4. The van der Waals surface area contributed by atoms with E-state index in [1.54, 1.807) is 0 Å². The SMILES string of the molecule is O=C(O)Oc1cc(Cl)n[nH]c1=O. The predicted molar refractivity (Wildman–Crippen MR) is 38.5 cm³/mol. The predicted octanol–water partition coefficient (Wildman–Crippen LogP) is 0.480. The first-order chi connectivity index (χ1) is 5.59. The minimum Gasteiger partial charge on any atom is -0.449 e. The zero-order valence-corrected chi connectivity index (χ0v) is 6.33. The number of nitrogens with one attached hydrogen (secondary N) is 1. The Balaban J connectivity index is 3.06. The summed E-state index contributed by atoms with van der Waals surface area (Å²) in [7, 11) is 0. The van der Waals surface area contributed by atoms with Gasteiger partial charge in [0.1, 0.15) is 0 Å². The van der Waals surface area contributed by atoms with Crippen LogP contribution in [0.15, 0.2) is 10.9 Å². The Labute approximate surface area is 70.7 Å². The molecule has 0 aromatic carbocycles. The van der Waals surface area contributed by atoms with Crippen molar-refractivity contribution in [1.82, 2.24) is 10.2 Å². The molecule has 0 aliphatic rings. The lowest BCUT2D eigenvalue weighted by Gasteiger charge is -1.96. The molecule has 1 aromatic heterocycles. The fraction of sp³-hybridized carbons (Fsp3) is 0. The zero-order valence-electron chi connectivity index (χ0n) is 5.57. The lowest BCUT2D eigenvalue weighted by Crippen LogP contribution is -2.15. The summed E-state index contributed by atoms with van der Waals surface area (Å²) in [5, 5.41) is 13.3. The molecule has 0 saturated carbocycles. The van der Waals surface area contributed by atoms with Crippen molar-refractivity contribution in [2.24, 2.45) is 0 Å². The van der Waals surface area contributed by atoms with Gasteiger partial charge in [-0.15, -0.1) is 0 Å². The minimum atomic E-state index is -1.58. The molecule has 0 unspecified atom stereocenters. The number of nitrogens with zero attached hydrogens (tertiary/aromatic N) is 1. The number of aromatic nitrogens is 2. The van der Waals surface area contributed by atoms with Crippen LogP contribution >= 0.6 is 11.6 Å². The van der Waals surface area contributed by atoms with Gasteiger partial charge in [0.2, 0.25) is 5.75 Å². The average Bonchev–Trinajstić information content (AvgIpc) is 1.96. The van der Waals surface area contributed by atoms with Crippen molar-refractivity contribution >= 4 is 17.8 Å². The van der Waals surface area contributed by atoms with E-state index < -0.39 is 17.5 Å². The highest BCUT2D eigenvalue weighted by atomic mass is 35.5. The Hall–Kier alpha value is -1.56. The fourth-order valence-corrected chi connectivity index (χ4v) is 0.677. The monoisotopic (exact) mass is 190 g/mol. The third-order valence-corrected chi connectivity index (χ3v) is 1.13. The third-order valence-electron chi connectivity index (χ3n) is 0.936. The molecule has 1 rings (SSSR count). The molecule has 0 saturated heterocycles. The zero-order chi connectivity index (χ0) is 9.14. The normalized spacial score (nSPS) is 9.42. The van der Waals surface area contributed by atoms with Crippen molar-refractivity contribution < 1.29 is 14.6 Å². The topological polar surface area (TPSA) is 92.3 Å². The first kappa shape index (κ1) is 8.54. The van der Waals surface area contributed by atoms with Gasteiger partial charge in [-0.05, 0) is 0 Å². The van der Waals surface area contributed by atoms with E-state index in [2.05, 4.69) is 9.84 Å². The summed E-state index contributed by atoms with van der Waals surface area (Å²) in [6, 6.07) is 1.01. The van der Waals surface area contributed by atoms with Gasteiger partial charge in [-0.2, -0.15) is 5.10 Å². The number of aromatic amines is 1. The molecule has 0 aliphatic heterocycles. The molecule has 0 aliphatic carbocycles. The van der Waals surface area contributed by atoms with E-state index in [1.165, 1.54) is 0 Å². The highest BCUT2D eigenvalue weighted by Gasteiger charge is 2.06. The molecule has 0 atom stereocenters. The van der Waals surface area contributed by atoms with Crippen LogP contribution in [0.1, 0.15) is 0 Å². The number of ether oxygens (including phenoxy) is 1. The molecule has 0 spiro atoms. The summed E-state index contributed by atoms with van der Waals surface area (Å²) in [6.45, 7) is 0. The van der Waals surface area contributed by atoms with Crippen LogP contribution in [-0.2, 0) is 0 Å². The third kappa shape index (κ3) is 1.96. The molecule has 7 heteroatoms. The van der Waals surface area contributed by atoms with Gasteiger partial charge in [-0.1, -0.05) is 11.6 Å². The lowest BCUT2D eigenvalue weighted by atomic mass is 10.5. The van der Waals surface area contributed by atoms with Crippen molar-refractivity contribution in [3.63, 3.8) is 0 Å². The Kier molecular flexibility index (Phi) is 2.29. The highest BCUT2D eigenvalue weighted by Crippen LogP contribution is 2.07. The van der Waals surface area contributed by atoms with Crippen LogP contribution in [0.5, 0.6) is 5.75 Å². The van der Waals surface area contributed by atoms with E-state index in [-0.39, 0.29) is 5.15 Å². The molecule has 0 radical (unpaired) electrons. The van der Waals surface area contributed by atoms with Gasteiger partial charge in [0.15, 0.2) is 5.15 Å². The smallest absolute Gasteiger partial charge is 0.449 e. The van der Waals surface area contributed by atoms with Gasteiger partial charge in [0.05, 0.1) is 0 Å². The molecule has 2 N–H and O–H groups in total. The average molecular weight is 191 g/mol. The summed E-state index contributed by atoms with van der Waals surface area (Å²) in [5.74, 6) is -0.400. The second kappa shape index (κ2) is 3.22. The van der Waals surface area contributed by atoms with E-state index in [0.717, 1.165) is 6.07 Å². The Morgan fingerprint density at radius 1 is 1.75 bits per heavy atom. The standard InChI is InChI=1S/C5H3ClN2O4/c6-3-1-2(12-5(10)11)4(9)8-7-3/h1H,(H,8,9)(H,10,11). The highest BCUT2D eigenvalue weighted by molar-refractivity contribution is 6.29. The van der Waals surface area contributed by atoms with Crippen molar-refractivity contribution in [3.8, 4) is 5.75 Å². The second-order valence-corrected chi connectivity index (χ2v) is 2.14. The summed E-state index contributed by atoms with van der Waals surface area (Å²) >= 11 is 5.35. The molecule has 6 nitrogen and oxygen atoms in total. The number of hydrogen-bond acceptors (Lipinski definition) is 4. The van der Waals surface area contributed by atoms with E-state index >= 15 is 0 Å². The Bertz CT molecular complexity index is 361. The van der Waals surface area contributed by atoms with Crippen LogP contribution in [0.4, 0.5) is 4.79 Å². The summed E-state index contributed by atoms with van der Waals surface area (Å²) in [6.07, 6.45) is -1.58. The van der Waals surface area contributed by atoms with Gasteiger partial charge in [-0.3, -0.25) is 4.79 Å². The molecule has 1 heterocycles. The van der Waals surface area contributed by atoms with Crippen molar-refractivity contribution in [2.45, 2.75) is 0 Å². The first-order valence-corrected chi connectivity index (χ1v) is 3.13. The van der Waals surface area contributed by atoms with Crippen molar-refractivity contribution in [2.75, 3.05) is 0 Å². The largest absolute Gasteiger partial charge is 0.511 e. The van der Waals surface area contributed by atoms with Gasteiger partial charge in [0, 0.05) is 6.07 Å². The number of carboxylic acid groups (broad SMARTS) is 1. The maximum absolute atomic E-state index is 10.7. The van der Waals surface area contributed by atoms with E-state index in [1.807, 2.05) is 5.10 Å². The van der Waals surface area contributed by atoms with Crippen molar-refractivity contribution in [1.29, 1.82) is 0 Å². The Morgan fingerprint density at radius 3 is 3.00 bits per heavy atom. The number of H-pyrrole nitrogens is 1. The quantitative estimate of drug-likeness (QED) is 0.629. The van der Waals surface area contributed by atoms with Crippen LogP contribution in [-0.4, -0.2) is 21.5 Å². The number of carbonyl (C=O) groups is 1. The van der Waals surface area contributed by atoms with Gasteiger partial charge < -0.3 is 9.84 Å². The van der Waals surface area contributed by atoms with Crippen LogP contribution in [0.3, 0.4) is 0 Å². The lowest BCUT2D eigenvalue weighted by molar-refractivity contribution is 0.143. The maximum Gasteiger partial charge on any atom is 0.511 e. The second-order valence-electron chi connectivity index (χ2n) is 1.75. The van der Waals surface area contributed by atoms with Crippen LogP contribution in [0.2, 0.25) is 5.15 Å². The van der Waals surface area contributed by atoms with Crippen LogP contribution in [0, 0.1) is 0 Å². The summed E-state index contributed by atoms with van der Waals surface area (Å²) in [5.41, 5.74) is -0.748. The number of hydrogen-bond donors (Lipinski definition) is 2.